The van der Waals surface area contributed by atoms with Crippen molar-refractivity contribution in [3.63, 3.8) is 0 Å². The summed E-state index contributed by atoms with van der Waals surface area (Å²) in [6.07, 6.45) is 15.7. The van der Waals surface area contributed by atoms with Crippen LogP contribution >= 0.6 is 0 Å². The van der Waals surface area contributed by atoms with E-state index in [4.69, 9.17) is 5.73 Å². The van der Waals surface area contributed by atoms with Crippen LogP contribution in [0.3, 0.4) is 0 Å². The van der Waals surface area contributed by atoms with E-state index in [9.17, 15) is 0 Å². The summed E-state index contributed by atoms with van der Waals surface area (Å²) in [6, 6.07) is 9.14. The van der Waals surface area contributed by atoms with Crippen LogP contribution in [-0.2, 0) is 0 Å². The van der Waals surface area contributed by atoms with Crippen LogP contribution in [0.4, 0.5) is 0 Å². The van der Waals surface area contributed by atoms with Gasteiger partial charge < -0.3 is 20.5 Å². The van der Waals surface area contributed by atoms with Crippen LogP contribution in [0.15, 0.2) is 73.1 Å². The Morgan fingerprint density at radius 1 is 1.07 bits per heavy atom. The number of aromatic nitrogens is 2. The molecule has 0 aliphatic carbocycles. The van der Waals surface area contributed by atoms with Crippen molar-refractivity contribution in [3.8, 4) is 11.3 Å². The molecule has 29 heavy (non-hydrogen) atoms. The van der Waals surface area contributed by atoms with Gasteiger partial charge in [0, 0.05) is 31.5 Å². The number of nitrogens with one attached hydrogen (secondary N) is 1. The molecule has 5 nitrogen and oxygen atoms in total. The van der Waals surface area contributed by atoms with Gasteiger partial charge in [-0.3, -0.25) is 0 Å². The monoisotopic (exact) mass is 389 g/mol. The lowest BCUT2D eigenvalue weighted by atomic mass is 10.0. The van der Waals surface area contributed by atoms with Gasteiger partial charge in [0.1, 0.15) is 0 Å². The summed E-state index contributed by atoms with van der Waals surface area (Å²) in [4.78, 5) is 12.1. The highest BCUT2D eigenvalue weighted by Gasteiger charge is 2.26. The lowest BCUT2D eigenvalue weighted by Crippen LogP contribution is -2.28. The van der Waals surface area contributed by atoms with Gasteiger partial charge in [-0.15, -0.1) is 0 Å². The molecule has 0 amide bonds. The third-order valence-corrected chi connectivity index (χ3v) is 6.07. The molecule has 4 rings (SSSR count). The van der Waals surface area contributed by atoms with Crippen molar-refractivity contribution in [2.24, 2.45) is 5.73 Å². The molecule has 2 aliphatic rings. The predicted molar refractivity (Wildman–Crippen MR) is 119 cm³/mol. The number of H-pyrrole nitrogens is 1. The van der Waals surface area contributed by atoms with E-state index in [0.29, 0.717) is 6.04 Å². The van der Waals surface area contributed by atoms with E-state index < -0.39 is 0 Å². The van der Waals surface area contributed by atoms with Gasteiger partial charge in [0.15, 0.2) is 0 Å². The first-order chi connectivity index (χ1) is 14.3. The number of nitrogens with zero attached hydrogens (tertiary/aromatic N) is 3. The molecule has 1 aromatic heterocycles. The van der Waals surface area contributed by atoms with E-state index in [1.165, 1.54) is 31.2 Å². The Morgan fingerprint density at radius 2 is 1.86 bits per heavy atom. The molecule has 5 heteroatoms. The number of nitrogens with two attached hydrogens (primary N) is 1. The zero-order chi connectivity index (χ0) is 20.1. The predicted octanol–water partition coefficient (Wildman–Crippen LogP) is 4.57. The maximum absolute atomic E-state index is 6.04. The highest BCUT2D eigenvalue weighted by molar-refractivity contribution is 5.58. The Labute approximate surface area is 173 Å². The number of rotatable bonds is 6. The van der Waals surface area contributed by atoms with E-state index in [2.05, 4.69) is 62.8 Å². The molecule has 2 aromatic rings. The second-order valence-corrected chi connectivity index (χ2v) is 7.90. The fourth-order valence-corrected chi connectivity index (χ4v) is 4.44. The van der Waals surface area contributed by atoms with Crippen LogP contribution in [-0.4, -0.2) is 39.4 Å². The molecule has 0 spiro atoms. The summed E-state index contributed by atoms with van der Waals surface area (Å²) in [6.45, 7) is 7.51. The summed E-state index contributed by atoms with van der Waals surface area (Å²) in [5, 5.41) is 0. The lowest BCUT2D eigenvalue weighted by molar-refractivity contribution is 0.294. The third-order valence-electron chi connectivity index (χ3n) is 6.07. The van der Waals surface area contributed by atoms with Crippen LogP contribution in [0.25, 0.3) is 11.3 Å². The Kier molecular flexibility index (Phi) is 6.03. The van der Waals surface area contributed by atoms with Gasteiger partial charge in [-0.25, -0.2) is 4.98 Å². The van der Waals surface area contributed by atoms with E-state index in [1.54, 1.807) is 12.5 Å². The third kappa shape index (κ3) is 4.39. The van der Waals surface area contributed by atoms with Crippen molar-refractivity contribution in [2.75, 3.05) is 19.6 Å². The van der Waals surface area contributed by atoms with E-state index in [-0.39, 0.29) is 0 Å². The second-order valence-electron chi connectivity index (χ2n) is 7.90. The standard InChI is InChI=1S/C24H31N5/c1-19(28-13-3-2-4-14-28)7-12-22(16-25)29-15-5-6-24(29)21-10-8-20(9-11-21)23-17-26-18-27-23/h7-12,16-18,24H,1-6,13-15,25H2,(H,26,27)/b12-7-,22-16+/t24-/m1/s1. The quantitative estimate of drug-likeness (QED) is 0.711. The number of aromatic amines is 1. The topological polar surface area (TPSA) is 61.2 Å². The number of hydrogen-bond acceptors (Lipinski definition) is 4. The largest absolute Gasteiger partial charge is 0.403 e. The zero-order valence-electron chi connectivity index (χ0n) is 17.1. The van der Waals surface area contributed by atoms with Crippen molar-refractivity contribution in [1.29, 1.82) is 0 Å². The first kappa shape index (κ1) is 19.4. The highest BCUT2D eigenvalue weighted by atomic mass is 15.2. The number of hydrogen-bond donors (Lipinski definition) is 2. The van der Waals surface area contributed by atoms with Crippen LogP contribution in [0.2, 0.25) is 0 Å². The van der Waals surface area contributed by atoms with Gasteiger partial charge >= 0.3 is 0 Å². The number of allylic oxidation sites excluding steroid dienone is 2. The Balaban J connectivity index is 1.46. The molecule has 152 valence electrons. The number of likely N-dealkylation sites (tertiary alicyclic amines) is 2. The molecule has 1 atom stereocenters. The van der Waals surface area contributed by atoms with Crippen LogP contribution in [0.1, 0.15) is 43.7 Å². The molecular weight excluding hydrogens is 358 g/mol. The van der Waals surface area contributed by atoms with E-state index in [0.717, 1.165) is 48.7 Å². The van der Waals surface area contributed by atoms with Gasteiger partial charge in [0.05, 0.1) is 30.0 Å². The summed E-state index contributed by atoms with van der Waals surface area (Å²) in [5.41, 5.74) is 11.7. The minimum atomic E-state index is 0.355. The zero-order valence-corrected chi connectivity index (χ0v) is 17.1. The Morgan fingerprint density at radius 3 is 2.55 bits per heavy atom. The molecule has 3 heterocycles. The maximum Gasteiger partial charge on any atom is 0.0924 e. The van der Waals surface area contributed by atoms with E-state index >= 15 is 0 Å². The number of imidazole rings is 1. The lowest BCUT2D eigenvalue weighted by Gasteiger charge is -2.30. The first-order valence-electron chi connectivity index (χ1n) is 10.7. The number of piperidine rings is 1. The van der Waals surface area contributed by atoms with Crippen LogP contribution < -0.4 is 5.73 Å². The van der Waals surface area contributed by atoms with Crippen LogP contribution in [0, 0.1) is 0 Å². The van der Waals surface area contributed by atoms with Crippen molar-refractivity contribution >= 4 is 0 Å². The van der Waals surface area contributed by atoms with Crippen LogP contribution in [0.5, 0.6) is 0 Å². The number of benzene rings is 1. The molecule has 2 fully saturated rings. The maximum atomic E-state index is 6.04. The Hall–Kier alpha value is -2.95. The summed E-state index contributed by atoms with van der Waals surface area (Å²) >= 11 is 0. The van der Waals surface area contributed by atoms with Crippen molar-refractivity contribution in [3.05, 3.63) is 78.7 Å². The highest BCUT2D eigenvalue weighted by Crippen LogP contribution is 2.36. The van der Waals surface area contributed by atoms with Gasteiger partial charge in [-0.05, 0) is 55.4 Å². The van der Waals surface area contributed by atoms with Gasteiger partial charge in [-0.2, -0.15) is 0 Å². The fourth-order valence-electron chi connectivity index (χ4n) is 4.44. The molecule has 0 unspecified atom stereocenters. The molecule has 2 saturated heterocycles. The smallest absolute Gasteiger partial charge is 0.0924 e. The second kappa shape index (κ2) is 9.03. The Bertz CT molecular complexity index is 857. The van der Waals surface area contributed by atoms with Gasteiger partial charge in [0.25, 0.3) is 0 Å². The van der Waals surface area contributed by atoms with Gasteiger partial charge in [-0.1, -0.05) is 30.8 Å². The molecule has 1 aromatic carbocycles. The SMILES string of the molecule is C=C(/C=C\C(=C/N)N1CCC[C@@H]1c1ccc(-c2cnc[nH]2)cc1)N1CCCCC1. The molecule has 3 N–H and O–H groups in total. The van der Waals surface area contributed by atoms with Crippen molar-refractivity contribution in [2.45, 2.75) is 38.1 Å². The molecule has 0 radical (unpaired) electrons. The molecule has 0 saturated carbocycles. The molecule has 0 bridgehead atoms. The van der Waals surface area contributed by atoms with Crippen molar-refractivity contribution < 1.29 is 0 Å². The average Bonchev–Trinajstić information content (AvgIpc) is 3.47. The van der Waals surface area contributed by atoms with E-state index in [1.807, 2.05) is 6.20 Å². The first-order valence-corrected chi connectivity index (χ1v) is 10.7. The summed E-state index contributed by atoms with van der Waals surface area (Å²) in [7, 11) is 0. The normalized spacial score (nSPS) is 20.6. The summed E-state index contributed by atoms with van der Waals surface area (Å²) in [5.74, 6) is 0. The van der Waals surface area contributed by atoms with Gasteiger partial charge in [0.2, 0.25) is 0 Å². The fraction of sp³-hybridized carbons (Fsp3) is 0.375. The minimum Gasteiger partial charge on any atom is -0.403 e. The summed E-state index contributed by atoms with van der Waals surface area (Å²) < 4.78 is 0. The molecular formula is C24H31N5. The molecule has 2 aliphatic heterocycles. The minimum absolute atomic E-state index is 0.355. The average molecular weight is 390 g/mol. The van der Waals surface area contributed by atoms with Crippen molar-refractivity contribution in [1.82, 2.24) is 19.8 Å².